The van der Waals surface area contributed by atoms with Crippen LogP contribution in [-0.2, 0) is 22.6 Å². The minimum atomic E-state index is -0.545. The Kier molecular flexibility index (Phi) is 5.05. The van der Waals surface area contributed by atoms with E-state index in [0.29, 0.717) is 19.5 Å². The van der Waals surface area contributed by atoms with Crippen LogP contribution < -0.4 is 5.32 Å². The van der Waals surface area contributed by atoms with E-state index in [1.807, 2.05) is 6.07 Å². The number of hydrogen-bond donors (Lipinski definition) is 2. The van der Waals surface area contributed by atoms with E-state index in [9.17, 15) is 14.7 Å². The van der Waals surface area contributed by atoms with Gasteiger partial charge in [-0.25, -0.2) is 0 Å². The standard InChI is InChI=1S/C22H25N3O3/c1-15-3-2-4-17(11-15)13-24-9-10-25-20(14-24)21(27)23-19(22(25)28)12-16-5-7-18(26)8-6-16/h2-8,11,19-20,26H,9-10,12-14H2,1H3,(H,23,27)/t19-,20-/m1/s1. The van der Waals surface area contributed by atoms with Crippen LogP contribution >= 0.6 is 0 Å². The number of carbonyl (C=O) groups excluding carboxylic acids is 2. The van der Waals surface area contributed by atoms with Gasteiger partial charge in [0, 0.05) is 32.6 Å². The molecule has 146 valence electrons. The summed E-state index contributed by atoms with van der Waals surface area (Å²) in [5, 5.41) is 12.3. The van der Waals surface area contributed by atoms with Gasteiger partial charge in [-0.3, -0.25) is 14.5 Å². The van der Waals surface area contributed by atoms with Gasteiger partial charge in [0.15, 0.2) is 0 Å². The first-order valence-corrected chi connectivity index (χ1v) is 9.66. The molecule has 2 fully saturated rings. The highest BCUT2D eigenvalue weighted by Gasteiger charge is 2.43. The van der Waals surface area contributed by atoms with Crippen LogP contribution in [0, 0.1) is 6.92 Å². The molecule has 6 nitrogen and oxygen atoms in total. The number of amides is 2. The number of hydrogen-bond acceptors (Lipinski definition) is 4. The van der Waals surface area contributed by atoms with Gasteiger partial charge in [0.1, 0.15) is 17.8 Å². The monoisotopic (exact) mass is 379 g/mol. The highest BCUT2D eigenvalue weighted by molar-refractivity contribution is 5.97. The van der Waals surface area contributed by atoms with Crippen LogP contribution in [0.3, 0.4) is 0 Å². The van der Waals surface area contributed by atoms with Gasteiger partial charge < -0.3 is 15.3 Å². The molecule has 4 rings (SSSR count). The zero-order valence-electron chi connectivity index (χ0n) is 16.0. The van der Waals surface area contributed by atoms with Gasteiger partial charge in [0.25, 0.3) is 0 Å². The zero-order valence-corrected chi connectivity index (χ0v) is 16.0. The van der Waals surface area contributed by atoms with E-state index in [1.54, 1.807) is 29.2 Å². The number of aromatic hydroxyl groups is 1. The molecular formula is C22H25N3O3. The Morgan fingerprint density at radius 2 is 1.86 bits per heavy atom. The van der Waals surface area contributed by atoms with Crippen LogP contribution in [0.4, 0.5) is 0 Å². The number of phenols is 1. The van der Waals surface area contributed by atoms with Gasteiger partial charge >= 0.3 is 0 Å². The quantitative estimate of drug-likeness (QED) is 0.844. The van der Waals surface area contributed by atoms with Crippen LogP contribution in [-0.4, -0.2) is 58.4 Å². The molecule has 0 aliphatic carbocycles. The average molecular weight is 379 g/mol. The largest absolute Gasteiger partial charge is 0.508 e. The van der Waals surface area contributed by atoms with Gasteiger partial charge in [-0.05, 0) is 30.2 Å². The van der Waals surface area contributed by atoms with E-state index < -0.39 is 12.1 Å². The van der Waals surface area contributed by atoms with Crippen molar-refractivity contribution in [2.75, 3.05) is 19.6 Å². The molecule has 2 heterocycles. The second-order valence-electron chi connectivity index (χ2n) is 7.70. The third kappa shape index (κ3) is 3.87. The third-order valence-corrected chi connectivity index (χ3v) is 5.53. The molecule has 0 saturated carbocycles. The number of phenolic OH excluding ortho intramolecular Hbond substituents is 1. The van der Waals surface area contributed by atoms with Crippen molar-refractivity contribution in [3.8, 4) is 5.75 Å². The van der Waals surface area contributed by atoms with Gasteiger partial charge in [-0.2, -0.15) is 0 Å². The molecule has 28 heavy (non-hydrogen) atoms. The summed E-state index contributed by atoms with van der Waals surface area (Å²) in [5.41, 5.74) is 3.35. The predicted molar refractivity (Wildman–Crippen MR) is 106 cm³/mol. The molecule has 0 unspecified atom stereocenters. The maximum Gasteiger partial charge on any atom is 0.246 e. The minimum Gasteiger partial charge on any atom is -0.508 e. The second-order valence-corrected chi connectivity index (χ2v) is 7.70. The highest BCUT2D eigenvalue weighted by Crippen LogP contribution is 2.20. The fraction of sp³-hybridized carbons (Fsp3) is 0.364. The summed E-state index contributed by atoms with van der Waals surface area (Å²) in [7, 11) is 0. The van der Waals surface area contributed by atoms with Crippen molar-refractivity contribution < 1.29 is 14.7 Å². The van der Waals surface area contributed by atoms with Crippen molar-refractivity contribution in [3.05, 3.63) is 65.2 Å². The van der Waals surface area contributed by atoms with Crippen LogP contribution in [0.5, 0.6) is 5.75 Å². The third-order valence-electron chi connectivity index (χ3n) is 5.53. The zero-order chi connectivity index (χ0) is 19.7. The van der Waals surface area contributed by atoms with E-state index in [0.717, 1.165) is 18.7 Å². The Labute approximate surface area is 164 Å². The predicted octanol–water partition coefficient (Wildman–Crippen LogP) is 1.45. The van der Waals surface area contributed by atoms with Crippen LogP contribution in [0.2, 0.25) is 0 Å². The summed E-state index contributed by atoms with van der Waals surface area (Å²) >= 11 is 0. The van der Waals surface area contributed by atoms with E-state index in [2.05, 4.69) is 35.3 Å². The van der Waals surface area contributed by atoms with Gasteiger partial charge in [0.2, 0.25) is 11.8 Å². The maximum atomic E-state index is 12.9. The summed E-state index contributed by atoms with van der Waals surface area (Å²) in [6.07, 6.45) is 0.432. The van der Waals surface area contributed by atoms with Crippen LogP contribution in [0.15, 0.2) is 48.5 Å². The normalized spacial score (nSPS) is 22.7. The molecule has 2 aromatic carbocycles. The number of piperazine rings is 2. The lowest BCUT2D eigenvalue weighted by Crippen LogP contribution is -2.69. The van der Waals surface area contributed by atoms with Crippen molar-refractivity contribution in [2.24, 2.45) is 0 Å². The molecule has 2 saturated heterocycles. The molecule has 2 aliphatic rings. The molecule has 2 aromatic rings. The number of nitrogens with zero attached hydrogens (tertiary/aromatic N) is 2. The number of rotatable bonds is 4. The van der Waals surface area contributed by atoms with Crippen LogP contribution in [0.1, 0.15) is 16.7 Å². The smallest absolute Gasteiger partial charge is 0.246 e. The van der Waals surface area contributed by atoms with Crippen molar-refractivity contribution in [3.63, 3.8) is 0 Å². The Balaban J connectivity index is 1.41. The van der Waals surface area contributed by atoms with Crippen molar-refractivity contribution >= 4 is 11.8 Å². The fourth-order valence-corrected chi connectivity index (χ4v) is 4.08. The van der Waals surface area contributed by atoms with Crippen molar-refractivity contribution in [1.29, 1.82) is 0 Å². The average Bonchev–Trinajstić information content (AvgIpc) is 2.68. The fourth-order valence-electron chi connectivity index (χ4n) is 4.08. The topological polar surface area (TPSA) is 72.9 Å². The van der Waals surface area contributed by atoms with Gasteiger partial charge in [0.05, 0.1) is 0 Å². The van der Waals surface area contributed by atoms with Crippen LogP contribution in [0.25, 0.3) is 0 Å². The summed E-state index contributed by atoms with van der Waals surface area (Å²) in [6, 6.07) is 14.1. The maximum absolute atomic E-state index is 12.9. The minimum absolute atomic E-state index is 0.0205. The Morgan fingerprint density at radius 3 is 2.61 bits per heavy atom. The summed E-state index contributed by atoms with van der Waals surface area (Å²) < 4.78 is 0. The lowest BCUT2D eigenvalue weighted by Gasteiger charge is -2.45. The highest BCUT2D eigenvalue weighted by atomic mass is 16.3. The van der Waals surface area contributed by atoms with Gasteiger partial charge in [-0.1, -0.05) is 42.0 Å². The molecule has 2 N–H and O–H groups in total. The van der Waals surface area contributed by atoms with Crippen molar-refractivity contribution in [2.45, 2.75) is 32.0 Å². The van der Waals surface area contributed by atoms with E-state index in [1.165, 1.54) is 11.1 Å². The molecular weight excluding hydrogens is 354 g/mol. The molecule has 0 bridgehead atoms. The lowest BCUT2D eigenvalue weighted by atomic mass is 9.98. The number of benzene rings is 2. The van der Waals surface area contributed by atoms with E-state index in [-0.39, 0.29) is 17.6 Å². The van der Waals surface area contributed by atoms with Crippen molar-refractivity contribution in [1.82, 2.24) is 15.1 Å². The number of carbonyl (C=O) groups is 2. The van der Waals surface area contributed by atoms with Gasteiger partial charge in [-0.15, -0.1) is 0 Å². The Hall–Kier alpha value is -2.86. The molecule has 0 radical (unpaired) electrons. The second kappa shape index (κ2) is 7.64. The number of fused-ring (bicyclic) bond motifs is 1. The van der Waals surface area contributed by atoms with E-state index in [4.69, 9.17) is 0 Å². The molecule has 0 spiro atoms. The first-order valence-electron chi connectivity index (χ1n) is 9.66. The Bertz CT molecular complexity index is 881. The SMILES string of the molecule is Cc1cccc(CN2CCN3C(=O)[C@@H](Cc4ccc(O)cc4)NC(=O)[C@H]3C2)c1. The molecule has 2 aliphatic heterocycles. The first kappa shape index (κ1) is 18.5. The number of aryl methyl sites for hydroxylation is 1. The molecule has 2 atom stereocenters. The Morgan fingerprint density at radius 1 is 1.07 bits per heavy atom. The van der Waals surface area contributed by atoms with E-state index >= 15 is 0 Å². The first-order chi connectivity index (χ1) is 13.5. The molecule has 0 aromatic heterocycles. The summed E-state index contributed by atoms with van der Waals surface area (Å²) in [5.74, 6) is 0.0813. The molecule has 2 amide bonds. The summed E-state index contributed by atoms with van der Waals surface area (Å²) in [6.45, 7) is 4.73. The summed E-state index contributed by atoms with van der Waals surface area (Å²) in [4.78, 5) is 29.6. The molecule has 6 heteroatoms. The lowest BCUT2D eigenvalue weighted by molar-refractivity contribution is -0.153. The number of nitrogens with one attached hydrogen (secondary N) is 1.